The van der Waals surface area contributed by atoms with Gasteiger partial charge in [-0.05, 0) is 12.8 Å². The quantitative estimate of drug-likeness (QED) is 0.190. The van der Waals surface area contributed by atoms with E-state index in [1.165, 1.54) is 57.8 Å². The zero-order valence-electron chi connectivity index (χ0n) is 16.4. The Balaban J connectivity index is 3.45. The van der Waals surface area contributed by atoms with Gasteiger partial charge in [0.25, 0.3) is 0 Å². The van der Waals surface area contributed by atoms with Crippen molar-refractivity contribution in [1.82, 2.24) is 0 Å². The Morgan fingerprint density at radius 1 is 0.560 bits per heavy atom. The van der Waals surface area contributed by atoms with Crippen LogP contribution in [-0.2, 0) is 19.1 Å². The predicted molar refractivity (Wildman–Crippen MR) is 102 cm³/mol. The minimum Gasteiger partial charge on any atom is -0.463 e. The smallest absolute Gasteiger partial charge is 0.331 e. The van der Waals surface area contributed by atoms with E-state index in [2.05, 4.69) is 13.8 Å². The lowest BCUT2D eigenvalue weighted by atomic mass is 10.1. The molecule has 0 aliphatic carbocycles. The molecule has 0 fully saturated rings. The second-order valence-electron chi connectivity index (χ2n) is 6.56. The summed E-state index contributed by atoms with van der Waals surface area (Å²) in [6, 6.07) is 0. The average molecular weight is 355 g/mol. The molecule has 0 aromatic rings. The Labute approximate surface area is 154 Å². The summed E-state index contributed by atoms with van der Waals surface area (Å²) in [6.45, 7) is 5.22. The van der Waals surface area contributed by atoms with Crippen LogP contribution in [0.4, 0.5) is 0 Å². The van der Waals surface area contributed by atoms with Crippen LogP contribution in [0.2, 0.25) is 0 Å². The molecule has 4 nitrogen and oxygen atoms in total. The summed E-state index contributed by atoms with van der Waals surface area (Å²) >= 11 is 0. The lowest BCUT2D eigenvalue weighted by Gasteiger charge is -2.03. The molecule has 0 unspecified atom stereocenters. The Bertz CT molecular complexity index is 350. The first-order valence-electron chi connectivity index (χ1n) is 10.2. The minimum absolute atomic E-state index is 0.417. The molecule has 0 aromatic carbocycles. The van der Waals surface area contributed by atoms with E-state index < -0.39 is 11.9 Å². The van der Waals surface area contributed by atoms with E-state index in [0.29, 0.717) is 13.2 Å². The molecule has 0 aliphatic rings. The fraction of sp³-hybridized carbons (Fsp3) is 0.810. The summed E-state index contributed by atoms with van der Waals surface area (Å²) in [4.78, 5) is 22.9. The Morgan fingerprint density at radius 2 is 0.880 bits per heavy atom. The van der Waals surface area contributed by atoms with Gasteiger partial charge in [0.05, 0.1) is 13.2 Å². The maximum Gasteiger partial charge on any atom is 0.331 e. The van der Waals surface area contributed by atoms with Crippen LogP contribution in [0, 0.1) is 0 Å². The standard InChI is InChI=1S/C21H38O4/c1-3-5-7-9-10-11-13-15-19-25-21(23)17-16-20(22)24-18-14-12-8-6-4-2/h16-17H,3-15,18-19H2,1-2H3/b17-16+. The van der Waals surface area contributed by atoms with Gasteiger partial charge in [0.2, 0.25) is 0 Å². The highest BCUT2D eigenvalue weighted by Crippen LogP contribution is 2.08. The number of rotatable bonds is 17. The molecule has 0 aromatic heterocycles. The molecule has 25 heavy (non-hydrogen) atoms. The van der Waals surface area contributed by atoms with Crippen molar-refractivity contribution in [3.05, 3.63) is 12.2 Å². The number of unbranched alkanes of at least 4 members (excludes halogenated alkanes) is 11. The van der Waals surface area contributed by atoms with Gasteiger partial charge in [-0.15, -0.1) is 0 Å². The van der Waals surface area contributed by atoms with Crippen molar-refractivity contribution in [2.75, 3.05) is 13.2 Å². The molecule has 0 rings (SSSR count). The van der Waals surface area contributed by atoms with Crippen molar-refractivity contribution in [2.24, 2.45) is 0 Å². The summed E-state index contributed by atoms with van der Waals surface area (Å²) in [5.74, 6) is -0.942. The van der Waals surface area contributed by atoms with E-state index in [1.54, 1.807) is 0 Å². The summed E-state index contributed by atoms with van der Waals surface area (Å²) in [6.07, 6.45) is 17.5. The number of esters is 2. The molecule has 0 saturated heterocycles. The predicted octanol–water partition coefficient (Wildman–Crippen LogP) is 5.74. The van der Waals surface area contributed by atoms with Crippen molar-refractivity contribution in [2.45, 2.75) is 97.3 Å². The molecule has 0 radical (unpaired) electrons. The number of carbonyl (C=O) groups is 2. The van der Waals surface area contributed by atoms with Crippen molar-refractivity contribution in [3.8, 4) is 0 Å². The van der Waals surface area contributed by atoms with Gasteiger partial charge in [-0.2, -0.15) is 0 Å². The lowest BCUT2D eigenvalue weighted by Crippen LogP contribution is -2.06. The van der Waals surface area contributed by atoms with Crippen LogP contribution in [0.1, 0.15) is 97.3 Å². The zero-order chi connectivity index (χ0) is 18.6. The first kappa shape index (κ1) is 23.7. The average Bonchev–Trinajstić information content (AvgIpc) is 2.61. The van der Waals surface area contributed by atoms with Gasteiger partial charge < -0.3 is 9.47 Å². The van der Waals surface area contributed by atoms with Crippen molar-refractivity contribution in [3.63, 3.8) is 0 Å². The maximum absolute atomic E-state index is 11.5. The van der Waals surface area contributed by atoms with Crippen LogP contribution in [0.25, 0.3) is 0 Å². The highest BCUT2D eigenvalue weighted by molar-refractivity contribution is 5.91. The van der Waals surface area contributed by atoms with Crippen molar-refractivity contribution in [1.29, 1.82) is 0 Å². The fourth-order valence-electron chi connectivity index (χ4n) is 2.52. The monoisotopic (exact) mass is 354 g/mol. The highest BCUT2D eigenvalue weighted by Gasteiger charge is 2.01. The van der Waals surface area contributed by atoms with Gasteiger partial charge in [-0.3, -0.25) is 0 Å². The van der Waals surface area contributed by atoms with E-state index in [9.17, 15) is 9.59 Å². The lowest BCUT2D eigenvalue weighted by molar-refractivity contribution is -0.140. The van der Waals surface area contributed by atoms with Crippen molar-refractivity contribution >= 4 is 11.9 Å². The van der Waals surface area contributed by atoms with E-state index in [1.807, 2.05) is 0 Å². The molecule has 0 N–H and O–H groups in total. The zero-order valence-corrected chi connectivity index (χ0v) is 16.4. The molecule has 0 atom stereocenters. The number of hydrogen-bond donors (Lipinski definition) is 0. The normalized spacial score (nSPS) is 11.0. The van der Waals surface area contributed by atoms with Gasteiger partial charge in [-0.1, -0.05) is 84.5 Å². The molecular formula is C21H38O4. The molecule has 0 amide bonds. The first-order chi connectivity index (χ1) is 12.2. The summed E-state index contributed by atoms with van der Waals surface area (Å²) < 4.78 is 10.1. The number of carbonyl (C=O) groups excluding carboxylic acids is 2. The largest absolute Gasteiger partial charge is 0.463 e. The molecule has 4 heteroatoms. The highest BCUT2D eigenvalue weighted by atomic mass is 16.5. The number of ether oxygens (including phenoxy) is 2. The van der Waals surface area contributed by atoms with E-state index in [-0.39, 0.29) is 0 Å². The van der Waals surface area contributed by atoms with Crippen LogP contribution in [-0.4, -0.2) is 25.2 Å². The van der Waals surface area contributed by atoms with Gasteiger partial charge in [0.1, 0.15) is 0 Å². The molecule has 0 bridgehead atoms. The third kappa shape index (κ3) is 18.9. The third-order valence-electron chi connectivity index (χ3n) is 4.09. The van der Waals surface area contributed by atoms with E-state index in [4.69, 9.17) is 9.47 Å². The second kappa shape index (κ2) is 19.0. The Morgan fingerprint density at radius 3 is 1.24 bits per heavy atom. The third-order valence-corrected chi connectivity index (χ3v) is 4.09. The van der Waals surface area contributed by atoms with E-state index in [0.717, 1.165) is 37.8 Å². The molecular weight excluding hydrogens is 316 g/mol. The molecule has 0 heterocycles. The fourth-order valence-corrected chi connectivity index (χ4v) is 2.52. The van der Waals surface area contributed by atoms with Crippen molar-refractivity contribution < 1.29 is 19.1 Å². The number of hydrogen-bond acceptors (Lipinski definition) is 4. The SMILES string of the molecule is CCCCCCCCCCOC(=O)/C=C/C(=O)OCCCCCCC. The molecule has 146 valence electrons. The topological polar surface area (TPSA) is 52.6 Å². The summed E-state index contributed by atoms with van der Waals surface area (Å²) in [7, 11) is 0. The van der Waals surface area contributed by atoms with Crippen LogP contribution in [0.5, 0.6) is 0 Å². The van der Waals surface area contributed by atoms with Crippen LogP contribution in [0.3, 0.4) is 0 Å². The second-order valence-corrected chi connectivity index (χ2v) is 6.56. The van der Waals surface area contributed by atoms with Crippen LogP contribution in [0.15, 0.2) is 12.2 Å². The first-order valence-corrected chi connectivity index (χ1v) is 10.2. The van der Waals surface area contributed by atoms with Gasteiger partial charge in [-0.25, -0.2) is 9.59 Å². The summed E-state index contributed by atoms with van der Waals surface area (Å²) in [5.41, 5.74) is 0. The van der Waals surface area contributed by atoms with Crippen LogP contribution >= 0.6 is 0 Å². The molecule has 0 saturated carbocycles. The minimum atomic E-state index is -0.473. The molecule has 0 aliphatic heterocycles. The maximum atomic E-state index is 11.5. The summed E-state index contributed by atoms with van der Waals surface area (Å²) in [5, 5.41) is 0. The molecule has 0 spiro atoms. The van der Waals surface area contributed by atoms with Crippen LogP contribution < -0.4 is 0 Å². The van der Waals surface area contributed by atoms with Gasteiger partial charge in [0.15, 0.2) is 0 Å². The van der Waals surface area contributed by atoms with E-state index >= 15 is 0 Å². The Hall–Kier alpha value is -1.32. The Kier molecular flexibility index (Phi) is 18.0. The van der Waals surface area contributed by atoms with Gasteiger partial charge >= 0.3 is 11.9 Å². The van der Waals surface area contributed by atoms with Gasteiger partial charge in [0, 0.05) is 12.2 Å².